The first-order valence-corrected chi connectivity index (χ1v) is 7.71. The molecule has 0 aliphatic heterocycles. The van der Waals surface area contributed by atoms with Crippen molar-refractivity contribution in [1.29, 1.82) is 0 Å². The van der Waals surface area contributed by atoms with Crippen molar-refractivity contribution in [3.8, 4) is 11.4 Å². The lowest BCUT2D eigenvalue weighted by atomic mass is 10.2. The molecule has 106 valence electrons. The second-order valence-electron chi connectivity index (χ2n) is 4.36. The number of hydrogen-bond donors (Lipinski definition) is 2. The van der Waals surface area contributed by atoms with Gasteiger partial charge in [-0.3, -0.25) is 0 Å². The molecular formula is C14H7BrFIN2O2. The molecule has 2 aromatic carbocycles. The van der Waals surface area contributed by atoms with Gasteiger partial charge in [0.2, 0.25) is 0 Å². The van der Waals surface area contributed by atoms with Crippen LogP contribution in [-0.2, 0) is 0 Å². The van der Waals surface area contributed by atoms with Gasteiger partial charge in [0.05, 0.1) is 11.1 Å². The molecule has 2 N–H and O–H groups in total. The number of aromatic amines is 1. The summed E-state index contributed by atoms with van der Waals surface area (Å²) in [6.07, 6.45) is 0. The minimum absolute atomic E-state index is 0.158. The van der Waals surface area contributed by atoms with E-state index in [4.69, 9.17) is 5.11 Å². The molecule has 0 radical (unpaired) electrons. The van der Waals surface area contributed by atoms with E-state index in [1.54, 1.807) is 0 Å². The molecule has 7 heteroatoms. The predicted octanol–water partition coefficient (Wildman–Crippen LogP) is 4.43. The number of rotatable bonds is 2. The number of aromatic carboxylic acids is 1. The van der Waals surface area contributed by atoms with Crippen LogP contribution in [0.2, 0.25) is 0 Å². The number of aromatic nitrogens is 2. The van der Waals surface area contributed by atoms with E-state index in [1.165, 1.54) is 6.07 Å². The fourth-order valence-electron chi connectivity index (χ4n) is 2.05. The maximum atomic E-state index is 13.5. The first-order valence-electron chi connectivity index (χ1n) is 5.83. The zero-order valence-corrected chi connectivity index (χ0v) is 14.1. The van der Waals surface area contributed by atoms with Crippen molar-refractivity contribution in [3.63, 3.8) is 0 Å². The average Bonchev–Trinajstić information content (AvgIpc) is 2.83. The summed E-state index contributed by atoms with van der Waals surface area (Å²) in [5, 5.41) is 9.15. The fourth-order valence-corrected chi connectivity index (χ4v) is 2.98. The number of carboxylic acids is 1. The van der Waals surface area contributed by atoms with Crippen molar-refractivity contribution < 1.29 is 14.3 Å². The molecule has 0 bridgehead atoms. The number of benzene rings is 2. The Morgan fingerprint density at radius 1 is 1.33 bits per heavy atom. The van der Waals surface area contributed by atoms with Crippen LogP contribution in [0.1, 0.15) is 10.4 Å². The Bertz CT molecular complexity index is 879. The largest absolute Gasteiger partial charge is 0.478 e. The van der Waals surface area contributed by atoms with Crippen LogP contribution in [0.3, 0.4) is 0 Å². The SMILES string of the molecule is O=C(O)c1cc(F)cc2[nH]c(-c3cc(I)ccc3Br)nc12. The number of carbonyl (C=O) groups is 1. The summed E-state index contributed by atoms with van der Waals surface area (Å²) in [6.45, 7) is 0. The maximum absolute atomic E-state index is 13.5. The highest BCUT2D eigenvalue weighted by molar-refractivity contribution is 14.1. The predicted molar refractivity (Wildman–Crippen MR) is 88.9 cm³/mol. The molecule has 0 saturated heterocycles. The number of nitrogens with one attached hydrogen (secondary N) is 1. The third-order valence-electron chi connectivity index (χ3n) is 2.97. The van der Waals surface area contributed by atoms with Gasteiger partial charge in [-0.1, -0.05) is 15.9 Å². The number of carboxylic acid groups (broad SMARTS) is 1. The van der Waals surface area contributed by atoms with E-state index < -0.39 is 11.8 Å². The number of imidazole rings is 1. The molecule has 0 saturated carbocycles. The Hall–Kier alpha value is -1.48. The summed E-state index contributed by atoms with van der Waals surface area (Å²) >= 11 is 5.61. The van der Waals surface area contributed by atoms with Crippen LogP contribution in [0.25, 0.3) is 22.4 Å². The normalized spacial score (nSPS) is 11.0. The van der Waals surface area contributed by atoms with Crippen LogP contribution in [0.4, 0.5) is 4.39 Å². The zero-order chi connectivity index (χ0) is 15.1. The molecular weight excluding hydrogens is 454 g/mol. The minimum atomic E-state index is -1.21. The Labute approximate surface area is 140 Å². The third kappa shape index (κ3) is 2.67. The molecule has 0 aliphatic carbocycles. The summed E-state index contributed by atoms with van der Waals surface area (Å²) in [5.74, 6) is -1.33. The smallest absolute Gasteiger partial charge is 0.338 e. The third-order valence-corrected chi connectivity index (χ3v) is 4.33. The Kier molecular flexibility index (Phi) is 3.70. The van der Waals surface area contributed by atoms with E-state index in [2.05, 4.69) is 48.5 Å². The Morgan fingerprint density at radius 3 is 2.81 bits per heavy atom. The van der Waals surface area contributed by atoms with Crippen LogP contribution in [0, 0.1) is 9.39 Å². The molecule has 0 fully saturated rings. The van der Waals surface area contributed by atoms with Crippen molar-refractivity contribution in [2.75, 3.05) is 0 Å². The zero-order valence-electron chi connectivity index (χ0n) is 10.3. The van der Waals surface area contributed by atoms with Crippen molar-refractivity contribution >= 4 is 55.5 Å². The Morgan fingerprint density at radius 2 is 2.10 bits per heavy atom. The van der Waals surface area contributed by atoms with Gasteiger partial charge in [0.15, 0.2) is 0 Å². The molecule has 0 atom stereocenters. The number of halogens is 3. The molecule has 1 heterocycles. The molecule has 0 aliphatic rings. The summed E-state index contributed by atoms with van der Waals surface area (Å²) in [5.41, 5.74) is 1.22. The lowest BCUT2D eigenvalue weighted by Crippen LogP contribution is -1.98. The maximum Gasteiger partial charge on any atom is 0.338 e. The first-order chi connectivity index (χ1) is 9.95. The van der Waals surface area contributed by atoms with Gasteiger partial charge in [-0.05, 0) is 52.9 Å². The summed E-state index contributed by atoms with van der Waals surface area (Å²) in [4.78, 5) is 18.5. The van der Waals surface area contributed by atoms with Gasteiger partial charge >= 0.3 is 5.97 Å². The van der Waals surface area contributed by atoms with Gasteiger partial charge in [0, 0.05) is 13.6 Å². The highest BCUT2D eigenvalue weighted by Crippen LogP contribution is 2.30. The number of nitrogens with zero attached hydrogens (tertiary/aromatic N) is 1. The van der Waals surface area contributed by atoms with E-state index in [1.807, 2.05) is 18.2 Å². The second-order valence-corrected chi connectivity index (χ2v) is 6.46. The lowest BCUT2D eigenvalue weighted by molar-refractivity contribution is 0.0698. The molecule has 3 rings (SSSR count). The van der Waals surface area contributed by atoms with Crippen LogP contribution < -0.4 is 0 Å². The van der Waals surface area contributed by atoms with Gasteiger partial charge in [-0.15, -0.1) is 0 Å². The van der Waals surface area contributed by atoms with Gasteiger partial charge < -0.3 is 10.1 Å². The number of fused-ring (bicyclic) bond motifs is 1. The second kappa shape index (κ2) is 5.38. The van der Waals surface area contributed by atoms with Gasteiger partial charge in [0.25, 0.3) is 0 Å². The number of hydrogen-bond acceptors (Lipinski definition) is 2. The van der Waals surface area contributed by atoms with Gasteiger partial charge in [-0.2, -0.15) is 0 Å². The Balaban J connectivity index is 2.28. The van der Waals surface area contributed by atoms with Crippen molar-refractivity contribution in [3.05, 3.63) is 49.8 Å². The topological polar surface area (TPSA) is 66.0 Å². The number of H-pyrrole nitrogens is 1. The lowest BCUT2D eigenvalue weighted by Gasteiger charge is -2.01. The molecule has 1 aromatic heterocycles. The van der Waals surface area contributed by atoms with Crippen LogP contribution in [-0.4, -0.2) is 21.0 Å². The van der Waals surface area contributed by atoms with Gasteiger partial charge in [0.1, 0.15) is 17.2 Å². The summed E-state index contributed by atoms with van der Waals surface area (Å²) in [6, 6.07) is 7.92. The van der Waals surface area contributed by atoms with Crippen molar-refractivity contribution in [1.82, 2.24) is 9.97 Å². The van der Waals surface area contributed by atoms with E-state index in [0.29, 0.717) is 11.3 Å². The molecule has 4 nitrogen and oxygen atoms in total. The van der Waals surface area contributed by atoms with E-state index in [-0.39, 0.29) is 11.1 Å². The van der Waals surface area contributed by atoms with Crippen LogP contribution in [0.15, 0.2) is 34.8 Å². The molecule has 0 spiro atoms. The van der Waals surface area contributed by atoms with E-state index >= 15 is 0 Å². The van der Waals surface area contributed by atoms with E-state index in [9.17, 15) is 9.18 Å². The standard InChI is InChI=1S/C14H7BrFIN2O2/c15-10-2-1-7(17)5-8(10)13-18-11-4-6(16)3-9(14(20)21)12(11)19-13/h1-5H,(H,18,19)(H,20,21). The average molecular weight is 461 g/mol. The van der Waals surface area contributed by atoms with E-state index in [0.717, 1.165) is 19.7 Å². The monoisotopic (exact) mass is 460 g/mol. The molecule has 0 unspecified atom stereocenters. The van der Waals surface area contributed by atoms with Crippen molar-refractivity contribution in [2.24, 2.45) is 0 Å². The quantitative estimate of drug-likeness (QED) is 0.556. The van der Waals surface area contributed by atoms with Crippen LogP contribution >= 0.6 is 38.5 Å². The molecule has 0 amide bonds. The highest BCUT2D eigenvalue weighted by Gasteiger charge is 2.16. The molecule has 3 aromatic rings. The van der Waals surface area contributed by atoms with Crippen LogP contribution in [0.5, 0.6) is 0 Å². The van der Waals surface area contributed by atoms with Gasteiger partial charge in [-0.25, -0.2) is 14.2 Å². The fraction of sp³-hybridized carbons (Fsp3) is 0. The first kappa shape index (κ1) is 14.5. The van der Waals surface area contributed by atoms with Crippen molar-refractivity contribution in [2.45, 2.75) is 0 Å². The minimum Gasteiger partial charge on any atom is -0.478 e. The highest BCUT2D eigenvalue weighted by atomic mass is 127. The summed E-state index contributed by atoms with van der Waals surface area (Å²) < 4.78 is 15.3. The summed E-state index contributed by atoms with van der Waals surface area (Å²) in [7, 11) is 0. The molecule has 21 heavy (non-hydrogen) atoms.